The fraction of sp³-hybridized carbons (Fsp3) is 0.500. The minimum absolute atomic E-state index is 0.150. The van der Waals surface area contributed by atoms with Gasteiger partial charge in [0.2, 0.25) is 0 Å². The van der Waals surface area contributed by atoms with Crippen molar-refractivity contribution in [3.05, 3.63) is 23.8 Å². The molecule has 1 aromatic rings. The predicted molar refractivity (Wildman–Crippen MR) is 82.0 cm³/mol. The summed E-state index contributed by atoms with van der Waals surface area (Å²) in [5.74, 6) is 1.13. The van der Waals surface area contributed by atoms with E-state index >= 15 is 0 Å². The van der Waals surface area contributed by atoms with Gasteiger partial charge in [-0.15, -0.1) is 11.8 Å². The Morgan fingerprint density at radius 1 is 1.44 bits per heavy atom. The van der Waals surface area contributed by atoms with Crippen LogP contribution in [-0.2, 0) is 0 Å². The normalized spacial score (nSPS) is 12.2. The van der Waals surface area contributed by atoms with Gasteiger partial charge in [-0.1, -0.05) is 19.9 Å². The van der Waals surface area contributed by atoms with Crippen molar-refractivity contribution in [2.24, 2.45) is 5.73 Å². The van der Waals surface area contributed by atoms with Gasteiger partial charge >= 0.3 is 0 Å². The van der Waals surface area contributed by atoms with Gasteiger partial charge in [-0.2, -0.15) is 0 Å². The SMILES string of the molecule is CCSc1cccc(N(C)C(C)CC)c1C(=N)N. The summed E-state index contributed by atoms with van der Waals surface area (Å²) in [6, 6.07) is 6.56. The van der Waals surface area contributed by atoms with Crippen LogP contribution in [0.2, 0.25) is 0 Å². The molecule has 0 bridgehead atoms. The molecule has 1 atom stereocenters. The lowest BCUT2D eigenvalue weighted by molar-refractivity contribution is 0.663. The second-order valence-electron chi connectivity index (χ2n) is 4.37. The molecule has 100 valence electrons. The zero-order valence-electron chi connectivity index (χ0n) is 11.7. The average molecular weight is 265 g/mol. The van der Waals surface area contributed by atoms with Crippen molar-refractivity contribution in [2.45, 2.75) is 38.1 Å². The maximum Gasteiger partial charge on any atom is 0.126 e. The van der Waals surface area contributed by atoms with Gasteiger partial charge in [0.05, 0.1) is 5.56 Å². The number of amidine groups is 1. The number of nitrogens with two attached hydrogens (primary N) is 1. The Morgan fingerprint density at radius 3 is 2.61 bits per heavy atom. The first-order valence-electron chi connectivity index (χ1n) is 6.35. The van der Waals surface area contributed by atoms with E-state index in [9.17, 15) is 0 Å². The molecule has 0 fully saturated rings. The summed E-state index contributed by atoms with van der Waals surface area (Å²) in [4.78, 5) is 3.30. The molecule has 1 aromatic carbocycles. The highest BCUT2D eigenvalue weighted by Gasteiger charge is 2.17. The summed E-state index contributed by atoms with van der Waals surface area (Å²) < 4.78 is 0. The molecule has 18 heavy (non-hydrogen) atoms. The fourth-order valence-electron chi connectivity index (χ4n) is 1.87. The van der Waals surface area contributed by atoms with Crippen LogP contribution in [0.5, 0.6) is 0 Å². The zero-order valence-corrected chi connectivity index (χ0v) is 12.5. The molecule has 0 aliphatic carbocycles. The molecule has 1 unspecified atom stereocenters. The van der Waals surface area contributed by atoms with Crippen LogP contribution in [0.15, 0.2) is 23.1 Å². The Kier molecular flexibility index (Phi) is 5.54. The topological polar surface area (TPSA) is 53.1 Å². The van der Waals surface area contributed by atoms with Crippen LogP contribution in [0.25, 0.3) is 0 Å². The summed E-state index contributed by atoms with van der Waals surface area (Å²) >= 11 is 1.73. The molecule has 4 heteroatoms. The maximum absolute atomic E-state index is 7.82. The molecular formula is C14H23N3S. The van der Waals surface area contributed by atoms with Crippen LogP contribution in [0.1, 0.15) is 32.8 Å². The van der Waals surface area contributed by atoms with Gasteiger partial charge in [0, 0.05) is 23.7 Å². The minimum Gasteiger partial charge on any atom is -0.384 e. The second kappa shape index (κ2) is 6.69. The molecule has 0 aliphatic rings. The molecule has 3 nitrogen and oxygen atoms in total. The molecule has 0 aromatic heterocycles. The van der Waals surface area contributed by atoms with Crippen LogP contribution in [0.4, 0.5) is 5.69 Å². The molecule has 0 aliphatic heterocycles. The smallest absolute Gasteiger partial charge is 0.126 e. The van der Waals surface area contributed by atoms with Crippen molar-refractivity contribution in [3.63, 3.8) is 0 Å². The summed E-state index contributed by atoms with van der Waals surface area (Å²) in [5, 5.41) is 7.82. The van der Waals surface area contributed by atoms with Crippen LogP contribution in [0, 0.1) is 5.41 Å². The van der Waals surface area contributed by atoms with E-state index in [0.29, 0.717) is 6.04 Å². The monoisotopic (exact) mass is 265 g/mol. The number of benzene rings is 1. The number of nitrogen functional groups attached to an aromatic ring is 1. The van der Waals surface area contributed by atoms with Crippen LogP contribution in [-0.4, -0.2) is 24.7 Å². The lowest BCUT2D eigenvalue weighted by atomic mass is 10.1. The van der Waals surface area contributed by atoms with Gasteiger partial charge in [0.1, 0.15) is 5.84 Å². The molecule has 0 heterocycles. The molecule has 0 spiro atoms. The van der Waals surface area contributed by atoms with Gasteiger partial charge in [0.15, 0.2) is 0 Å². The van der Waals surface area contributed by atoms with Crippen molar-refractivity contribution in [3.8, 4) is 0 Å². The van der Waals surface area contributed by atoms with Crippen LogP contribution in [0.3, 0.4) is 0 Å². The highest BCUT2D eigenvalue weighted by molar-refractivity contribution is 7.99. The Labute approximate surface area is 114 Å². The van der Waals surface area contributed by atoms with Gasteiger partial charge < -0.3 is 10.6 Å². The zero-order chi connectivity index (χ0) is 13.7. The first-order chi connectivity index (χ1) is 8.52. The second-order valence-corrected chi connectivity index (χ2v) is 5.67. The third kappa shape index (κ3) is 3.19. The van der Waals surface area contributed by atoms with E-state index < -0.39 is 0 Å². The first-order valence-corrected chi connectivity index (χ1v) is 7.34. The highest BCUT2D eigenvalue weighted by Crippen LogP contribution is 2.31. The third-order valence-electron chi connectivity index (χ3n) is 3.21. The van der Waals surface area contributed by atoms with E-state index in [1.807, 2.05) is 18.2 Å². The third-order valence-corrected chi connectivity index (χ3v) is 4.15. The quantitative estimate of drug-likeness (QED) is 0.471. The summed E-state index contributed by atoms with van der Waals surface area (Å²) in [7, 11) is 2.07. The number of nitrogens with zero attached hydrogens (tertiary/aromatic N) is 1. The van der Waals surface area contributed by atoms with Gasteiger partial charge in [0.25, 0.3) is 0 Å². The molecule has 3 N–H and O–H groups in total. The molecular weight excluding hydrogens is 242 g/mol. The van der Waals surface area contributed by atoms with Crippen molar-refractivity contribution in [2.75, 3.05) is 17.7 Å². The Hall–Kier alpha value is -1.16. The first kappa shape index (κ1) is 14.9. The van der Waals surface area contributed by atoms with Crippen molar-refractivity contribution in [1.29, 1.82) is 5.41 Å². The minimum atomic E-state index is 0.150. The average Bonchev–Trinajstić information content (AvgIpc) is 2.36. The van der Waals surface area contributed by atoms with E-state index in [0.717, 1.165) is 28.3 Å². The van der Waals surface area contributed by atoms with Gasteiger partial charge in [-0.05, 0) is 31.2 Å². The highest BCUT2D eigenvalue weighted by atomic mass is 32.2. The standard InChI is InChI=1S/C14H23N3S/c1-5-10(3)17(4)11-8-7-9-12(18-6-2)13(11)14(15)16/h7-10H,5-6H2,1-4H3,(H3,15,16). The molecule has 0 radical (unpaired) electrons. The van der Waals surface area contributed by atoms with E-state index in [4.69, 9.17) is 11.1 Å². The fourth-order valence-corrected chi connectivity index (χ4v) is 2.72. The van der Waals surface area contributed by atoms with Crippen molar-refractivity contribution >= 4 is 23.3 Å². The van der Waals surface area contributed by atoms with Crippen molar-refractivity contribution in [1.82, 2.24) is 0 Å². The number of hydrogen-bond acceptors (Lipinski definition) is 3. The predicted octanol–water partition coefficient (Wildman–Crippen LogP) is 3.32. The lowest BCUT2D eigenvalue weighted by Crippen LogP contribution is -2.30. The molecule has 1 rings (SSSR count). The Bertz CT molecular complexity index is 418. The maximum atomic E-state index is 7.82. The van der Waals surface area contributed by atoms with E-state index in [-0.39, 0.29) is 5.84 Å². The van der Waals surface area contributed by atoms with Crippen LogP contribution < -0.4 is 10.6 Å². The number of anilines is 1. The van der Waals surface area contributed by atoms with E-state index in [1.54, 1.807) is 11.8 Å². The molecule has 0 saturated heterocycles. The Morgan fingerprint density at radius 2 is 2.11 bits per heavy atom. The number of hydrogen-bond donors (Lipinski definition) is 2. The summed E-state index contributed by atoms with van der Waals surface area (Å²) in [6.07, 6.45) is 1.07. The lowest BCUT2D eigenvalue weighted by Gasteiger charge is -2.29. The van der Waals surface area contributed by atoms with E-state index in [1.165, 1.54) is 0 Å². The van der Waals surface area contributed by atoms with Gasteiger partial charge in [-0.3, -0.25) is 5.41 Å². The van der Waals surface area contributed by atoms with E-state index in [2.05, 4.69) is 32.7 Å². The summed E-state index contributed by atoms with van der Waals surface area (Å²) in [6.45, 7) is 6.46. The largest absolute Gasteiger partial charge is 0.384 e. The molecule has 0 saturated carbocycles. The van der Waals surface area contributed by atoms with Crippen molar-refractivity contribution < 1.29 is 0 Å². The Balaban J connectivity index is 3.26. The number of rotatable bonds is 6. The number of nitrogens with one attached hydrogen (secondary N) is 1. The van der Waals surface area contributed by atoms with Gasteiger partial charge in [-0.25, -0.2) is 0 Å². The summed E-state index contributed by atoms with van der Waals surface area (Å²) in [5.41, 5.74) is 7.69. The van der Waals surface area contributed by atoms with Crippen LogP contribution >= 0.6 is 11.8 Å². The molecule has 0 amide bonds. The number of thioether (sulfide) groups is 1.